The van der Waals surface area contributed by atoms with Gasteiger partial charge in [0.15, 0.2) is 3.83 Å². The monoisotopic (exact) mass is 245 g/mol. The Morgan fingerprint density at radius 2 is 2.40 bits per heavy atom. The second-order valence-electron chi connectivity index (χ2n) is 1.92. The van der Waals surface area contributed by atoms with E-state index in [0.29, 0.717) is 0 Å². The van der Waals surface area contributed by atoms with Gasteiger partial charge in [-0.3, -0.25) is 0 Å². The molecular weight excluding hydrogens is 241 g/mol. The first-order valence-electron chi connectivity index (χ1n) is 2.82. The van der Waals surface area contributed by atoms with Crippen LogP contribution in [0.25, 0.3) is 11.0 Å². The fourth-order valence-electron chi connectivity index (χ4n) is 0.818. The number of nitrogens with one attached hydrogen (secondary N) is 1. The highest BCUT2D eigenvalue weighted by atomic mass is 127. The number of fused-ring (bicyclic) bond motifs is 1. The van der Waals surface area contributed by atoms with Gasteiger partial charge in [0.1, 0.15) is 5.65 Å². The molecule has 0 amide bonds. The summed E-state index contributed by atoms with van der Waals surface area (Å²) in [6, 6.07) is 1.95. The lowest BCUT2D eigenvalue weighted by molar-refractivity contribution is 1.14. The van der Waals surface area contributed by atoms with E-state index in [2.05, 4.69) is 37.5 Å². The predicted octanol–water partition coefficient (Wildman–Crippen LogP) is 1.56. The molecule has 50 valence electrons. The Labute approximate surface area is 71.0 Å². The molecule has 10 heavy (non-hydrogen) atoms. The molecule has 0 saturated carbocycles. The standard InChI is InChI=1S/C6H4IN3/c7-6-9-3-4-1-2-8-5(4)10-6/h1-3H,(H,8,9,10). The van der Waals surface area contributed by atoms with Crippen molar-refractivity contribution >= 4 is 33.6 Å². The fraction of sp³-hybridized carbons (Fsp3) is 0. The lowest BCUT2D eigenvalue weighted by Crippen LogP contribution is -1.84. The molecule has 0 unspecified atom stereocenters. The predicted molar refractivity (Wildman–Crippen MR) is 46.6 cm³/mol. The number of hydrogen-bond donors (Lipinski definition) is 1. The van der Waals surface area contributed by atoms with Crippen LogP contribution >= 0.6 is 22.6 Å². The van der Waals surface area contributed by atoms with Gasteiger partial charge in [0.25, 0.3) is 0 Å². The molecule has 0 bridgehead atoms. The van der Waals surface area contributed by atoms with E-state index in [0.717, 1.165) is 14.9 Å². The van der Waals surface area contributed by atoms with Gasteiger partial charge in [-0.2, -0.15) is 0 Å². The van der Waals surface area contributed by atoms with Crippen LogP contribution in [0.15, 0.2) is 18.5 Å². The van der Waals surface area contributed by atoms with Crippen LogP contribution in [0.4, 0.5) is 0 Å². The van der Waals surface area contributed by atoms with Crippen LogP contribution in [0.2, 0.25) is 0 Å². The Balaban J connectivity index is 2.86. The Morgan fingerprint density at radius 1 is 1.50 bits per heavy atom. The van der Waals surface area contributed by atoms with Gasteiger partial charge >= 0.3 is 0 Å². The van der Waals surface area contributed by atoms with Crippen molar-refractivity contribution in [1.29, 1.82) is 0 Å². The number of halogens is 1. The van der Waals surface area contributed by atoms with E-state index in [1.54, 1.807) is 6.20 Å². The molecule has 1 N–H and O–H groups in total. The third kappa shape index (κ3) is 0.880. The first-order chi connectivity index (χ1) is 4.86. The minimum absolute atomic E-state index is 0.771. The minimum atomic E-state index is 0.771. The summed E-state index contributed by atoms with van der Waals surface area (Å²) in [5.41, 5.74) is 0.902. The van der Waals surface area contributed by atoms with Crippen LogP contribution in [0, 0.1) is 3.83 Å². The van der Waals surface area contributed by atoms with Crippen LogP contribution in [0.5, 0.6) is 0 Å². The van der Waals surface area contributed by atoms with Gasteiger partial charge in [0, 0.05) is 40.4 Å². The molecule has 0 atom stereocenters. The Hall–Kier alpha value is -0.650. The molecule has 0 aliphatic carbocycles. The Bertz CT molecular complexity index is 355. The summed E-state index contributed by atoms with van der Waals surface area (Å²) in [5.74, 6) is 0. The second kappa shape index (κ2) is 2.19. The zero-order chi connectivity index (χ0) is 6.97. The topological polar surface area (TPSA) is 41.6 Å². The van der Waals surface area contributed by atoms with Crippen molar-refractivity contribution in [3.05, 3.63) is 22.3 Å². The Morgan fingerprint density at radius 3 is 3.30 bits per heavy atom. The maximum atomic E-state index is 4.16. The maximum absolute atomic E-state index is 4.16. The van der Waals surface area contributed by atoms with E-state index in [9.17, 15) is 0 Å². The van der Waals surface area contributed by atoms with Gasteiger partial charge in [0.2, 0.25) is 0 Å². The number of aromatic amines is 1. The van der Waals surface area contributed by atoms with Gasteiger partial charge in [-0.25, -0.2) is 9.97 Å². The smallest absolute Gasteiger partial charge is 0.192 e. The summed E-state index contributed by atoms with van der Waals surface area (Å²) >= 11 is 2.08. The lowest BCUT2D eigenvalue weighted by Gasteiger charge is -1.87. The zero-order valence-corrected chi connectivity index (χ0v) is 7.16. The number of hydrogen-bond acceptors (Lipinski definition) is 2. The molecule has 0 radical (unpaired) electrons. The minimum Gasteiger partial charge on any atom is -0.346 e. The molecule has 2 aromatic rings. The van der Waals surface area contributed by atoms with E-state index < -0.39 is 0 Å². The van der Waals surface area contributed by atoms with E-state index in [-0.39, 0.29) is 0 Å². The first kappa shape index (κ1) is 6.09. The van der Waals surface area contributed by atoms with Crippen molar-refractivity contribution in [2.75, 3.05) is 0 Å². The Kier molecular flexibility index (Phi) is 1.33. The third-order valence-corrected chi connectivity index (χ3v) is 1.79. The van der Waals surface area contributed by atoms with Crippen molar-refractivity contribution in [2.45, 2.75) is 0 Å². The number of aromatic nitrogens is 3. The molecule has 0 aliphatic rings. The molecule has 0 aliphatic heterocycles. The van der Waals surface area contributed by atoms with Gasteiger partial charge in [0.05, 0.1) is 0 Å². The zero-order valence-electron chi connectivity index (χ0n) is 5.00. The number of H-pyrrole nitrogens is 1. The van der Waals surface area contributed by atoms with Crippen molar-refractivity contribution in [1.82, 2.24) is 15.0 Å². The average Bonchev–Trinajstić information content (AvgIpc) is 2.33. The molecular formula is C6H4IN3. The van der Waals surface area contributed by atoms with Crippen LogP contribution in [-0.4, -0.2) is 15.0 Å². The van der Waals surface area contributed by atoms with Crippen molar-refractivity contribution in [3.63, 3.8) is 0 Å². The first-order valence-corrected chi connectivity index (χ1v) is 3.90. The lowest BCUT2D eigenvalue weighted by atomic mass is 10.4. The molecule has 0 spiro atoms. The van der Waals surface area contributed by atoms with E-state index in [1.807, 2.05) is 12.3 Å². The van der Waals surface area contributed by atoms with Crippen LogP contribution in [-0.2, 0) is 0 Å². The average molecular weight is 245 g/mol. The highest BCUT2D eigenvalue weighted by Gasteiger charge is 1.94. The fourth-order valence-corrected chi connectivity index (χ4v) is 1.20. The van der Waals surface area contributed by atoms with E-state index in [4.69, 9.17) is 0 Å². The number of rotatable bonds is 0. The molecule has 4 heteroatoms. The molecule has 2 heterocycles. The summed E-state index contributed by atoms with van der Waals surface area (Å²) in [6.07, 6.45) is 3.66. The summed E-state index contributed by atoms with van der Waals surface area (Å²) < 4.78 is 0.771. The molecule has 0 fully saturated rings. The highest BCUT2D eigenvalue weighted by molar-refractivity contribution is 14.1. The summed E-state index contributed by atoms with van der Waals surface area (Å²) in [4.78, 5) is 11.2. The van der Waals surface area contributed by atoms with Gasteiger partial charge in [-0.1, -0.05) is 0 Å². The maximum Gasteiger partial charge on any atom is 0.192 e. The molecule has 3 nitrogen and oxygen atoms in total. The molecule has 0 aromatic carbocycles. The van der Waals surface area contributed by atoms with Gasteiger partial charge in [-0.05, 0) is 6.07 Å². The second-order valence-corrected chi connectivity index (χ2v) is 2.89. The molecule has 0 saturated heterocycles. The summed E-state index contributed by atoms with van der Waals surface area (Å²) in [7, 11) is 0. The van der Waals surface area contributed by atoms with Gasteiger partial charge < -0.3 is 4.98 Å². The van der Waals surface area contributed by atoms with Crippen molar-refractivity contribution in [2.24, 2.45) is 0 Å². The summed E-state index contributed by atoms with van der Waals surface area (Å²) in [5, 5.41) is 1.06. The SMILES string of the molecule is Ic1ncc2cc[nH]c2n1. The third-order valence-electron chi connectivity index (χ3n) is 1.27. The van der Waals surface area contributed by atoms with Crippen LogP contribution in [0.3, 0.4) is 0 Å². The van der Waals surface area contributed by atoms with E-state index in [1.165, 1.54) is 0 Å². The quantitative estimate of drug-likeness (QED) is 0.565. The molecule has 2 rings (SSSR count). The normalized spacial score (nSPS) is 10.5. The van der Waals surface area contributed by atoms with Gasteiger partial charge in [-0.15, -0.1) is 0 Å². The number of nitrogens with zero attached hydrogens (tertiary/aromatic N) is 2. The van der Waals surface area contributed by atoms with Crippen molar-refractivity contribution in [3.8, 4) is 0 Å². The highest BCUT2D eigenvalue weighted by Crippen LogP contribution is 2.07. The van der Waals surface area contributed by atoms with Crippen molar-refractivity contribution < 1.29 is 0 Å². The van der Waals surface area contributed by atoms with E-state index >= 15 is 0 Å². The largest absolute Gasteiger partial charge is 0.346 e. The summed E-state index contributed by atoms with van der Waals surface area (Å²) in [6.45, 7) is 0. The van der Waals surface area contributed by atoms with Crippen LogP contribution in [0.1, 0.15) is 0 Å². The molecule has 2 aromatic heterocycles. The van der Waals surface area contributed by atoms with Crippen LogP contribution < -0.4 is 0 Å².